The SMILES string of the molecule is CCC1COC2(CC(C)(C)C(C)C(C)(C)C2)OC1. The Kier molecular flexibility index (Phi) is 3.57. The number of hydrogen-bond acceptors (Lipinski definition) is 2. The zero-order valence-electron chi connectivity index (χ0n) is 13.0. The van der Waals surface area contributed by atoms with Crippen molar-refractivity contribution < 1.29 is 9.47 Å². The molecule has 2 heteroatoms. The summed E-state index contributed by atoms with van der Waals surface area (Å²) in [7, 11) is 0. The van der Waals surface area contributed by atoms with Gasteiger partial charge in [-0.15, -0.1) is 0 Å². The average molecular weight is 254 g/mol. The van der Waals surface area contributed by atoms with Gasteiger partial charge >= 0.3 is 0 Å². The smallest absolute Gasteiger partial charge is 0.169 e. The Bertz CT molecular complexity index is 278. The van der Waals surface area contributed by atoms with Gasteiger partial charge in [-0.25, -0.2) is 0 Å². The molecule has 1 aliphatic carbocycles. The molecule has 106 valence electrons. The first-order valence-electron chi connectivity index (χ1n) is 7.49. The number of rotatable bonds is 1. The van der Waals surface area contributed by atoms with Crippen molar-refractivity contribution in [1.29, 1.82) is 0 Å². The van der Waals surface area contributed by atoms with Crippen molar-refractivity contribution in [2.45, 2.75) is 66.6 Å². The van der Waals surface area contributed by atoms with E-state index in [1.54, 1.807) is 0 Å². The Labute approximate surface area is 112 Å². The summed E-state index contributed by atoms with van der Waals surface area (Å²) in [6.45, 7) is 15.8. The van der Waals surface area contributed by atoms with Gasteiger partial charge in [0.2, 0.25) is 0 Å². The lowest BCUT2D eigenvalue weighted by molar-refractivity contribution is -0.328. The molecule has 2 aliphatic rings. The van der Waals surface area contributed by atoms with Crippen molar-refractivity contribution in [2.75, 3.05) is 13.2 Å². The van der Waals surface area contributed by atoms with Gasteiger partial charge in [0, 0.05) is 18.8 Å². The van der Waals surface area contributed by atoms with Gasteiger partial charge in [0.1, 0.15) is 0 Å². The maximum atomic E-state index is 6.21. The predicted octanol–water partition coefficient (Wildman–Crippen LogP) is 4.24. The third kappa shape index (κ3) is 2.46. The molecule has 0 atom stereocenters. The summed E-state index contributed by atoms with van der Waals surface area (Å²) in [6.07, 6.45) is 3.21. The van der Waals surface area contributed by atoms with Crippen molar-refractivity contribution >= 4 is 0 Å². The monoisotopic (exact) mass is 254 g/mol. The molecule has 1 heterocycles. The Balaban J connectivity index is 2.16. The third-order valence-electron chi connectivity index (χ3n) is 5.54. The lowest BCUT2D eigenvalue weighted by atomic mass is 9.56. The molecule has 1 aliphatic heterocycles. The molecule has 0 N–H and O–H groups in total. The zero-order chi connectivity index (χ0) is 13.6. The van der Waals surface area contributed by atoms with Crippen LogP contribution < -0.4 is 0 Å². The third-order valence-corrected chi connectivity index (χ3v) is 5.54. The molecule has 2 nitrogen and oxygen atoms in total. The predicted molar refractivity (Wildman–Crippen MR) is 74.4 cm³/mol. The van der Waals surface area contributed by atoms with E-state index in [0.717, 1.165) is 32.5 Å². The van der Waals surface area contributed by atoms with Crippen molar-refractivity contribution in [3.63, 3.8) is 0 Å². The van der Waals surface area contributed by atoms with Gasteiger partial charge in [-0.05, 0) is 23.2 Å². The summed E-state index contributed by atoms with van der Waals surface area (Å²) in [5, 5.41) is 0. The summed E-state index contributed by atoms with van der Waals surface area (Å²) >= 11 is 0. The van der Waals surface area contributed by atoms with Crippen LogP contribution in [-0.4, -0.2) is 19.0 Å². The molecular formula is C16H30O2. The summed E-state index contributed by atoms with van der Waals surface area (Å²) in [6, 6.07) is 0. The van der Waals surface area contributed by atoms with Gasteiger partial charge in [0.05, 0.1) is 13.2 Å². The highest BCUT2D eigenvalue weighted by atomic mass is 16.7. The summed E-state index contributed by atoms with van der Waals surface area (Å²) in [5.41, 5.74) is 0.557. The highest BCUT2D eigenvalue weighted by molar-refractivity contribution is 4.99. The van der Waals surface area contributed by atoms with Gasteiger partial charge in [0.15, 0.2) is 5.79 Å². The quantitative estimate of drug-likeness (QED) is 0.697. The van der Waals surface area contributed by atoms with Gasteiger partial charge in [-0.3, -0.25) is 0 Å². The van der Waals surface area contributed by atoms with Crippen LogP contribution in [0.1, 0.15) is 60.8 Å². The Morgan fingerprint density at radius 2 is 1.39 bits per heavy atom. The summed E-state index contributed by atoms with van der Waals surface area (Å²) < 4.78 is 12.4. The maximum Gasteiger partial charge on any atom is 0.169 e. The molecule has 0 radical (unpaired) electrons. The minimum atomic E-state index is -0.314. The van der Waals surface area contributed by atoms with Crippen LogP contribution in [0.25, 0.3) is 0 Å². The lowest BCUT2D eigenvalue weighted by Gasteiger charge is -2.57. The number of ether oxygens (including phenoxy) is 2. The Morgan fingerprint density at radius 1 is 0.944 bits per heavy atom. The van der Waals surface area contributed by atoms with Crippen LogP contribution in [0.2, 0.25) is 0 Å². The van der Waals surface area contributed by atoms with Crippen molar-refractivity contribution in [1.82, 2.24) is 0 Å². The molecule has 0 amide bonds. The molecular weight excluding hydrogens is 224 g/mol. The highest BCUT2D eigenvalue weighted by Gasteiger charge is 2.54. The Hall–Kier alpha value is -0.0800. The van der Waals surface area contributed by atoms with Crippen molar-refractivity contribution in [3.8, 4) is 0 Å². The molecule has 1 saturated carbocycles. The molecule has 0 unspecified atom stereocenters. The van der Waals surface area contributed by atoms with Crippen LogP contribution in [0.4, 0.5) is 0 Å². The molecule has 18 heavy (non-hydrogen) atoms. The van der Waals surface area contributed by atoms with E-state index in [1.165, 1.54) is 0 Å². The standard InChI is InChI=1S/C16H30O2/c1-7-13-8-17-16(18-9-13)10-14(3,4)12(2)15(5,6)11-16/h12-13H,7-11H2,1-6H3. The van der Waals surface area contributed by atoms with E-state index in [2.05, 4.69) is 41.5 Å². The van der Waals surface area contributed by atoms with Crippen LogP contribution in [0.3, 0.4) is 0 Å². The van der Waals surface area contributed by atoms with E-state index in [1.807, 2.05) is 0 Å². The lowest BCUT2D eigenvalue weighted by Crippen LogP contribution is -2.56. The molecule has 2 rings (SSSR count). The van der Waals surface area contributed by atoms with Crippen LogP contribution in [0, 0.1) is 22.7 Å². The van der Waals surface area contributed by atoms with Gasteiger partial charge in [-0.2, -0.15) is 0 Å². The largest absolute Gasteiger partial charge is 0.350 e. The average Bonchev–Trinajstić information content (AvgIpc) is 2.26. The molecule has 0 aromatic rings. The fourth-order valence-electron chi connectivity index (χ4n) is 3.88. The van der Waals surface area contributed by atoms with Gasteiger partial charge in [0.25, 0.3) is 0 Å². The second-order valence-corrected chi connectivity index (χ2v) is 7.86. The van der Waals surface area contributed by atoms with Crippen LogP contribution in [0.15, 0.2) is 0 Å². The van der Waals surface area contributed by atoms with E-state index in [9.17, 15) is 0 Å². The van der Waals surface area contributed by atoms with Gasteiger partial charge < -0.3 is 9.47 Å². The minimum absolute atomic E-state index is 0.279. The first kappa shape index (κ1) is 14.3. The summed E-state index contributed by atoms with van der Waals surface area (Å²) in [4.78, 5) is 0. The van der Waals surface area contributed by atoms with Gasteiger partial charge in [-0.1, -0.05) is 41.5 Å². The van der Waals surface area contributed by atoms with E-state index < -0.39 is 0 Å². The molecule has 0 bridgehead atoms. The zero-order valence-corrected chi connectivity index (χ0v) is 13.0. The highest BCUT2D eigenvalue weighted by Crippen LogP contribution is 2.56. The minimum Gasteiger partial charge on any atom is -0.350 e. The fraction of sp³-hybridized carbons (Fsp3) is 1.00. The fourth-order valence-corrected chi connectivity index (χ4v) is 3.88. The first-order chi connectivity index (χ1) is 8.21. The van der Waals surface area contributed by atoms with E-state index in [0.29, 0.717) is 11.8 Å². The molecule has 0 aromatic carbocycles. The maximum absolute atomic E-state index is 6.21. The van der Waals surface area contributed by atoms with Crippen LogP contribution in [0.5, 0.6) is 0 Å². The molecule has 1 saturated heterocycles. The van der Waals surface area contributed by atoms with Crippen LogP contribution in [-0.2, 0) is 9.47 Å². The van der Waals surface area contributed by atoms with Crippen LogP contribution >= 0.6 is 0 Å². The van der Waals surface area contributed by atoms with Crippen molar-refractivity contribution in [3.05, 3.63) is 0 Å². The second-order valence-electron chi connectivity index (χ2n) is 7.86. The first-order valence-corrected chi connectivity index (χ1v) is 7.49. The van der Waals surface area contributed by atoms with E-state index >= 15 is 0 Å². The second kappa shape index (κ2) is 4.49. The molecule has 1 spiro atoms. The summed E-state index contributed by atoms with van der Waals surface area (Å²) in [5.74, 6) is 0.957. The molecule has 2 fully saturated rings. The topological polar surface area (TPSA) is 18.5 Å². The van der Waals surface area contributed by atoms with E-state index in [-0.39, 0.29) is 16.6 Å². The Morgan fingerprint density at radius 3 is 1.78 bits per heavy atom. The normalized spacial score (nSPS) is 43.0. The van der Waals surface area contributed by atoms with E-state index in [4.69, 9.17) is 9.47 Å². The van der Waals surface area contributed by atoms with Crippen molar-refractivity contribution in [2.24, 2.45) is 22.7 Å². The number of hydrogen-bond donors (Lipinski definition) is 0. The molecule has 0 aromatic heterocycles.